The third-order valence-corrected chi connectivity index (χ3v) is 3.91. The van der Waals surface area contributed by atoms with Crippen LogP contribution in [0, 0.1) is 0 Å². The minimum atomic E-state index is 0.0230. The summed E-state index contributed by atoms with van der Waals surface area (Å²) in [6, 6.07) is 5.87. The first-order valence-corrected chi connectivity index (χ1v) is 7.54. The molecule has 1 aliphatic heterocycles. The number of hydrogen-bond donors (Lipinski definition) is 2. The molecule has 3 rings (SSSR count). The summed E-state index contributed by atoms with van der Waals surface area (Å²) < 4.78 is 2.18. The molecule has 0 radical (unpaired) electrons. The van der Waals surface area contributed by atoms with Gasteiger partial charge in [0, 0.05) is 31.2 Å². The lowest BCUT2D eigenvalue weighted by Gasteiger charge is -2.10. The molecular formula is C16H18ClN3O. The average Bonchev–Trinajstić information content (AvgIpc) is 3.02. The van der Waals surface area contributed by atoms with Crippen molar-refractivity contribution >= 4 is 28.9 Å². The fourth-order valence-electron chi connectivity index (χ4n) is 2.57. The molecule has 1 amide bonds. The minimum Gasteiger partial charge on any atom is -0.380 e. The number of carbonyl (C=O) groups excluding carboxylic acids is 1. The third kappa shape index (κ3) is 3.05. The minimum absolute atomic E-state index is 0.0230. The Bertz CT molecular complexity index is 678. The number of fused-ring (bicyclic) bond motifs is 1. The highest BCUT2D eigenvalue weighted by molar-refractivity contribution is 6.33. The molecule has 2 aromatic rings. The molecule has 0 atom stereocenters. The summed E-state index contributed by atoms with van der Waals surface area (Å²) in [5, 5.41) is 6.78. The fourth-order valence-corrected chi connectivity index (χ4v) is 2.80. The maximum absolute atomic E-state index is 11.4. The molecule has 1 aromatic carbocycles. The van der Waals surface area contributed by atoms with Gasteiger partial charge in [0.05, 0.1) is 17.1 Å². The first-order valence-electron chi connectivity index (χ1n) is 7.16. The van der Waals surface area contributed by atoms with Gasteiger partial charge in [-0.25, -0.2) is 0 Å². The molecule has 0 spiro atoms. The quantitative estimate of drug-likeness (QED) is 0.885. The molecule has 21 heavy (non-hydrogen) atoms. The van der Waals surface area contributed by atoms with Crippen LogP contribution in [0.25, 0.3) is 0 Å². The van der Waals surface area contributed by atoms with Crippen molar-refractivity contribution in [1.29, 1.82) is 0 Å². The van der Waals surface area contributed by atoms with Gasteiger partial charge in [-0.2, -0.15) is 0 Å². The zero-order valence-corrected chi connectivity index (χ0v) is 12.7. The standard InChI is InChI=1S/C16H18ClN3O/c1-2-4-20-5-3-11(10-20)9-18-15-6-12-7-16(21)19-14(12)8-13(15)17/h3,5-6,8,10,18H,2,4,7,9H2,1H3,(H,19,21). The Kier molecular flexibility index (Phi) is 3.88. The molecule has 0 saturated carbocycles. The van der Waals surface area contributed by atoms with Crippen LogP contribution >= 0.6 is 11.6 Å². The Hall–Kier alpha value is -1.94. The summed E-state index contributed by atoms with van der Waals surface area (Å²) in [5.41, 5.74) is 3.91. The smallest absolute Gasteiger partial charge is 0.228 e. The number of anilines is 2. The Morgan fingerprint density at radius 2 is 2.29 bits per heavy atom. The van der Waals surface area contributed by atoms with Crippen LogP contribution in [0.3, 0.4) is 0 Å². The van der Waals surface area contributed by atoms with E-state index in [1.54, 1.807) is 0 Å². The zero-order chi connectivity index (χ0) is 14.8. The van der Waals surface area contributed by atoms with Crippen LogP contribution in [-0.2, 0) is 24.3 Å². The van der Waals surface area contributed by atoms with Crippen LogP contribution < -0.4 is 10.6 Å². The summed E-state index contributed by atoms with van der Waals surface area (Å²) in [6.07, 6.45) is 5.78. The van der Waals surface area contributed by atoms with Crippen LogP contribution in [-0.4, -0.2) is 10.5 Å². The highest BCUT2D eigenvalue weighted by Crippen LogP contribution is 2.33. The van der Waals surface area contributed by atoms with E-state index in [4.69, 9.17) is 11.6 Å². The van der Waals surface area contributed by atoms with Crippen LogP contribution in [0.2, 0.25) is 5.02 Å². The topological polar surface area (TPSA) is 46.1 Å². The van der Waals surface area contributed by atoms with Crippen LogP contribution in [0.4, 0.5) is 11.4 Å². The molecule has 2 heterocycles. The second kappa shape index (κ2) is 5.82. The Morgan fingerprint density at radius 1 is 1.43 bits per heavy atom. The summed E-state index contributed by atoms with van der Waals surface area (Å²) in [6.45, 7) is 3.92. The number of amides is 1. The lowest BCUT2D eigenvalue weighted by Crippen LogP contribution is -2.03. The van der Waals surface area contributed by atoms with Gasteiger partial charge in [-0.05, 0) is 35.7 Å². The van der Waals surface area contributed by atoms with Crippen LogP contribution in [0.15, 0.2) is 30.6 Å². The van der Waals surface area contributed by atoms with Crippen molar-refractivity contribution in [2.24, 2.45) is 0 Å². The number of nitrogens with zero attached hydrogens (tertiary/aromatic N) is 1. The molecule has 5 heteroatoms. The Morgan fingerprint density at radius 3 is 3.10 bits per heavy atom. The lowest BCUT2D eigenvalue weighted by atomic mass is 10.1. The molecular weight excluding hydrogens is 286 g/mol. The predicted molar refractivity (Wildman–Crippen MR) is 85.8 cm³/mol. The maximum atomic E-state index is 11.4. The number of carbonyl (C=O) groups is 1. The predicted octanol–water partition coefficient (Wildman–Crippen LogP) is 3.66. The number of rotatable bonds is 5. The molecule has 0 fully saturated rings. The second-order valence-corrected chi connectivity index (χ2v) is 5.73. The van der Waals surface area contributed by atoms with Gasteiger partial charge < -0.3 is 15.2 Å². The largest absolute Gasteiger partial charge is 0.380 e. The number of aryl methyl sites for hydroxylation is 1. The van der Waals surface area contributed by atoms with E-state index in [2.05, 4.69) is 40.6 Å². The zero-order valence-electron chi connectivity index (χ0n) is 11.9. The lowest BCUT2D eigenvalue weighted by molar-refractivity contribution is -0.115. The van der Waals surface area contributed by atoms with Crippen LogP contribution in [0.1, 0.15) is 24.5 Å². The number of benzene rings is 1. The summed E-state index contributed by atoms with van der Waals surface area (Å²) >= 11 is 6.26. The van der Waals surface area contributed by atoms with Gasteiger partial charge in [-0.15, -0.1) is 0 Å². The number of halogens is 1. The second-order valence-electron chi connectivity index (χ2n) is 5.33. The van der Waals surface area contributed by atoms with Crippen molar-refractivity contribution in [2.45, 2.75) is 32.9 Å². The highest BCUT2D eigenvalue weighted by atomic mass is 35.5. The van der Waals surface area contributed by atoms with E-state index < -0.39 is 0 Å². The molecule has 1 aromatic heterocycles. The normalized spacial score (nSPS) is 13.1. The molecule has 1 aliphatic rings. The van der Waals surface area contributed by atoms with Crippen molar-refractivity contribution < 1.29 is 4.79 Å². The van der Waals surface area contributed by atoms with Gasteiger partial charge in [0.1, 0.15) is 0 Å². The van der Waals surface area contributed by atoms with Gasteiger partial charge in [0.2, 0.25) is 5.91 Å². The first kappa shape index (κ1) is 14.0. The molecule has 0 bridgehead atoms. The maximum Gasteiger partial charge on any atom is 0.228 e. The van der Waals surface area contributed by atoms with Crippen LogP contribution in [0.5, 0.6) is 0 Å². The molecule has 0 unspecified atom stereocenters. The van der Waals surface area contributed by atoms with Gasteiger partial charge >= 0.3 is 0 Å². The Balaban J connectivity index is 1.70. The fraction of sp³-hybridized carbons (Fsp3) is 0.312. The van der Waals surface area contributed by atoms with Gasteiger partial charge in [0.25, 0.3) is 0 Å². The number of nitrogens with one attached hydrogen (secondary N) is 2. The average molecular weight is 304 g/mol. The van der Waals surface area contributed by atoms with Gasteiger partial charge in [-0.3, -0.25) is 4.79 Å². The third-order valence-electron chi connectivity index (χ3n) is 3.59. The molecule has 0 saturated heterocycles. The van der Waals surface area contributed by atoms with E-state index in [-0.39, 0.29) is 5.91 Å². The van der Waals surface area contributed by atoms with Gasteiger partial charge in [0.15, 0.2) is 0 Å². The molecule has 0 aliphatic carbocycles. The van der Waals surface area contributed by atoms with Crippen molar-refractivity contribution in [1.82, 2.24) is 4.57 Å². The van der Waals surface area contributed by atoms with Crippen molar-refractivity contribution in [2.75, 3.05) is 10.6 Å². The van der Waals surface area contributed by atoms with E-state index in [0.717, 1.165) is 36.4 Å². The van der Waals surface area contributed by atoms with Crippen molar-refractivity contribution in [3.63, 3.8) is 0 Å². The van der Waals surface area contributed by atoms with E-state index in [9.17, 15) is 4.79 Å². The summed E-state index contributed by atoms with van der Waals surface area (Å²) in [4.78, 5) is 11.4. The Labute approximate surface area is 129 Å². The SMILES string of the molecule is CCCn1ccc(CNc2cc3c(cc2Cl)NC(=O)C3)c1. The van der Waals surface area contributed by atoms with Gasteiger partial charge in [-0.1, -0.05) is 18.5 Å². The summed E-state index contributed by atoms with van der Waals surface area (Å²) in [7, 11) is 0. The molecule has 4 nitrogen and oxygen atoms in total. The monoisotopic (exact) mass is 303 g/mol. The van der Waals surface area contributed by atoms with E-state index >= 15 is 0 Å². The highest BCUT2D eigenvalue weighted by Gasteiger charge is 2.19. The number of aromatic nitrogens is 1. The summed E-state index contributed by atoms with van der Waals surface area (Å²) in [5.74, 6) is 0.0230. The molecule has 2 N–H and O–H groups in total. The number of hydrogen-bond acceptors (Lipinski definition) is 2. The van der Waals surface area contributed by atoms with Crippen molar-refractivity contribution in [3.8, 4) is 0 Å². The van der Waals surface area contributed by atoms with E-state index in [1.165, 1.54) is 5.56 Å². The van der Waals surface area contributed by atoms with E-state index in [0.29, 0.717) is 11.4 Å². The molecule has 110 valence electrons. The van der Waals surface area contributed by atoms with Crippen molar-refractivity contribution in [3.05, 3.63) is 46.7 Å². The van der Waals surface area contributed by atoms with E-state index in [1.807, 2.05) is 12.1 Å². The first-order chi connectivity index (χ1) is 10.2.